The number of hydrogen-bond acceptors (Lipinski definition) is 8. The van der Waals surface area contributed by atoms with Crippen LogP contribution in [0.1, 0.15) is 155 Å². The molecule has 0 atom stereocenters. The zero-order valence-electron chi connectivity index (χ0n) is 69.6. The predicted molar refractivity (Wildman–Crippen MR) is 501 cm³/mol. The molecule has 0 bridgehead atoms. The van der Waals surface area contributed by atoms with Gasteiger partial charge in [0.1, 0.15) is 16.1 Å². The van der Waals surface area contributed by atoms with E-state index in [-0.39, 0.29) is 45.9 Å². The summed E-state index contributed by atoms with van der Waals surface area (Å²) in [7, 11) is -4.42. The van der Waals surface area contributed by atoms with E-state index in [1.54, 1.807) is 0 Å². The lowest BCUT2D eigenvalue weighted by Crippen LogP contribution is -2.64. The van der Waals surface area contributed by atoms with Gasteiger partial charge in [-0.1, -0.05) is 251 Å². The number of nitrogens with zero attached hydrogens (tertiary/aromatic N) is 6. The Balaban J connectivity index is 0.897. The van der Waals surface area contributed by atoms with Crippen molar-refractivity contribution in [1.29, 1.82) is 0 Å². The summed E-state index contributed by atoms with van der Waals surface area (Å²) < 4.78 is 2.79. The summed E-state index contributed by atoms with van der Waals surface area (Å²) in [6.45, 7) is 44.3. The van der Waals surface area contributed by atoms with Gasteiger partial charge in [-0.2, -0.15) is 22.7 Å². The molecule has 6 aliphatic heterocycles. The Labute approximate surface area is 687 Å². The van der Waals surface area contributed by atoms with E-state index < -0.39 is 16.1 Å². The summed E-state index contributed by atoms with van der Waals surface area (Å²) in [6.07, 6.45) is 4.58. The van der Waals surface area contributed by atoms with Gasteiger partial charge in [0.05, 0.1) is 22.7 Å². The quantitative estimate of drug-likeness (QED) is 0.153. The van der Waals surface area contributed by atoms with Crippen LogP contribution >= 0.6 is 22.7 Å². The van der Waals surface area contributed by atoms with Gasteiger partial charge in [-0.3, -0.25) is 0 Å². The van der Waals surface area contributed by atoms with E-state index in [2.05, 4.69) is 395 Å². The Hall–Kier alpha value is -9.82. The molecule has 0 unspecified atom stereocenters. The maximum Gasteiger partial charge on any atom is 0.264 e. The Morgan fingerprint density at radius 2 is 0.561 bits per heavy atom. The summed E-state index contributed by atoms with van der Waals surface area (Å²) in [5, 5.41) is 5.81. The fourth-order valence-electron chi connectivity index (χ4n) is 21.5. The second kappa shape index (κ2) is 24.4. The van der Waals surface area contributed by atoms with Crippen molar-refractivity contribution in [3.63, 3.8) is 0 Å². The zero-order valence-corrected chi connectivity index (χ0v) is 73.2. The topological polar surface area (TPSA) is 19.4 Å². The Bertz CT molecular complexity index is 5780. The van der Waals surface area contributed by atoms with Gasteiger partial charge >= 0.3 is 0 Å². The first kappa shape index (κ1) is 71.9. The maximum absolute atomic E-state index is 2.78. The van der Waals surface area contributed by atoms with Crippen LogP contribution in [0.2, 0.25) is 26.2 Å². The molecule has 0 saturated heterocycles. The van der Waals surface area contributed by atoms with Crippen LogP contribution in [0.25, 0.3) is 0 Å². The van der Waals surface area contributed by atoms with Gasteiger partial charge in [-0.15, -0.1) is 0 Å². The fraction of sp³-hybridized carbons (Fsp3) is 0.275. The van der Waals surface area contributed by atoms with Crippen molar-refractivity contribution in [3.8, 4) is 0 Å². The molecule has 21 rings (SSSR count). The maximum atomic E-state index is 2.78. The van der Waals surface area contributed by atoms with E-state index in [4.69, 9.17) is 0 Å². The van der Waals surface area contributed by atoms with Crippen molar-refractivity contribution in [2.75, 3.05) is 29.4 Å². The second-order valence-electron chi connectivity index (χ2n) is 39.8. The van der Waals surface area contributed by atoms with Crippen molar-refractivity contribution in [3.05, 3.63) is 275 Å². The molecule has 2 aromatic heterocycles. The van der Waals surface area contributed by atoms with Gasteiger partial charge in [-0.25, -0.2) is 0 Å². The van der Waals surface area contributed by atoms with Crippen LogP contribution in [-0.2, 0) is 32.5 Å². The van der Waals surface area contributed by atoms with Crippen molar-refractivity contribution >= 4 is 207 Å². The number of thiophene rings is 2. The molecule has 0 spiro atoms. The standard InChI is InChI=1S/C102H102B2N6S2Si2/c1-97(2,3)91-61-85-95(111-91)103-73-59-74-80(60-79(73)105(63-33-21-19-22-34-63)81-55-67(109-75-37-25-29-41-87(75)113(15,16)88-42-30-26-38-76(88)109)57-83(93(81)103)107(85)65-45-47-69-71(53-65)101(11,12)51-49-99(69,7)8)106(64-35-23-20-24-36-64)82-56-68(110-77-39-27-31-43-89(77)114(17,18)90-44-32-28-40-78(90)110)58-84-94(82)104(74)96-86(62-92(112-96)98(4,5)6)108(84)66-46-48-70-72(54-66)102(13,14)52-50-100(70,9)10/h19-48,53-62H,49-52H2,1-18H3. The van der Waals surface area contributed by atoms with Crippen molar-refractivity contribution in [2.24, 2.45) is 0 Å². The minimum absolute atomic E-state index is 0.0217. The molecule has 0 fully saturated rings. The molecule has 0 radical (unpaired) electrons. The van der Waals surface area contributed by atoms with Crippen LogP contribution in [0.3, 0.4) is 0 Å². The van der Waals surface area contributed by atoms with Crippen LogP contribution < -0.4 is 81.6 Å². The first-order chi connectivity index (χ1) is 54.3. The zero-order chi connectivity index (χ0) is 78.8. The van der Waals surface area contributed by atoms with E-state index >= 15 is 0 Å². The highest BCUT2D eigenvalue weighted by Gasteiger charge is 2.53. The van der Waals surface area contributed by atoms with Gasteiger partial charge in [-0.05, 0) is 238 Å². The largest absolute Gasteiger partial charge is 0.311 e. The van der Waals surface area contributed by atoms with Crippen LogP contribution in [0, 0.1) is 0 Å². The number of para-hydroxylation sites is 6. The highest BCUT2D eigenvalue weighted by atomic mass is 32.1. The van der Waals surface area contributed by atoms with E-state index in [0.717, 1.165) is 48.4 Å². The van der Waals surface area contributed by atoms with Crippen molar-refractivity contribution < 1.29 is 0 Å². The summed E-state index contributed by atoms with van der Waals surface area (Å²) in [6, 6.07) is 96.9. The Morgan fingerprint density at radius 1 is 0.272 bits per heavy atom. The van der Waals surface area contributed by atoms with Crippen LogP contribution in [-0.4, -0.2) is 29.6 Å². The molecule has 11 aromatic carbocycles. The average molecular weight is 1550 g/mol. The molecule has 12 heteroatoms. The lowest BCUT2D eigenvalue weighted by molar-refractivity contribution is 0.332. The van der Waals surface area contributed by atoms with Crippen LogP contribution in [0.15, 0.2) is 243 Å². The average Bonchev–Trinajstić information content (AvgIpc) is 1.10. The van der Waals surface area contributed by atoms with Gasteiger partial charge in [0.25, 0.3) is 13.4 Å². The molecule has 566 valence electrons. The Kier molecular flexibility index (Phi) is 15.4. The van der Waals surface area contributed by atoms with E-state index in [0.29, 0.717) is 0 Å². The minimum atomic E-state index is -2.21. The molecule has 0 N–H and O–H groups in total. The number of benzene rings is 11. The van der Waals surface area contributed by atoms with Gasteiger partial charge < -0.3 is 29.4 Å². The van der Waals surface area contributed by atoms with Crippen molar-refractivity contribution in [1.82, 2.24) is 0 Å². The molecular weight excluding hydrogens is 1450 g/mol. The molecule has 0 amide bonds. The third kappa shape index (κ3) is 10.3. The van der Waals surface area contributed by atoms with Gasteiger partial charge in [0, 0.05) is 98.9 Å². The number of hydrogen-bond donors (Lipinski definition) is 0. The molecule has 8 heterocycles. The van der Waals surface area contributed by atoms with E-state index in [9.17, 15) is 0 Å². The molecule has 0 saturated carbocycles. The molecule has 2 aliphatic carbocycles. The van der Waals surface area contributed by atoms with Crippen LogP contribution in [0.5, 0.6) is 0 Å². The Morgan fingerprint density at radius 3 is 0.886 bits per heavy atom. The summed E-state index contributed by atoms with van der Waals surface area (Å²) in [4.78, 5) is 19.0. The summed E-state index contributed by atoms with van der Waals surface area (Å²) in [5.41, 5.74) is 32.8. The minimum Gasteiger partial charge on any atom is -0.311 e. The number of fused-ring (bicyclic) bond motifs is 14. The monoisotopic (exact) mass is 1550 g/mol. The third-order valence-electron chi connectivity index (χ3n) is 28.0. The third-order valence-corrected chi connectivity index (χ3v) is 38.3. The highest BCUT2D eigenvalue weighted by molar-refractivity contribution is 7.30. The molecular formula is C102H102B2N6S2Si2. The van der Waals surface area contributed by atoms with Crippen molar-refractivity contribution in [2.45, 2.75) is 181 Å². The van der Waals surface area contributed by atoms with E-state index in [1.165, 1.54) is 164 Å². The SMILES string of the molecule is CC(C)(C)c1cc2c(s1)B1c3cc4c(cc3N(c3ccccc3)c3cc(N5c6ccccc6[Si](C)(C)c6ccccc65)cc(c31)N2c1ccc2c(c1)C(C)(C)CCC2(C)C)N(c1ccccc1)c1cc(N2c3ccccc3[Si](C)(C)c3ccccc32)cc2c1B4c1sc(C(C)(C)C)cc1N2c1ccc2c(c1)C(C)(C)CCC2(C)C. The highest BCUT2D eigenvalue weighted by Crippen LogP contribution is 2.58. The number of rotatable bonds is 6. The molecule has 8 aliphatic rings. The van der Waals surface area contributed by atoms with Gasteiger partial charge in [0.15, 0.2) is 0 Å². The first-order valence-corrected chi connectivity index (χ1v) is 49.3. The summed E-state index contributed by atoms with van der Waals surface area (Å²) in [5.74, 6) is 0. The number of anilines is 18. The van der Waals surface area contributed by atoms with E-state index in [1.807, 2.05) is 22.7 Å². The second-order valence-corrected chi connectivity index (χ2v) is 50.7. The molecule has 6 nitrogen and oxygen atoms in total. The predicted octanol–water partition coefficient (Wildman–Crippen LogP) is 22.5. The summed E-state index contributed by atoms with van der Waals surface area (Å²) >= 11 is 4.10. The lowest BCUT2D eigenvalue weighted by atomic mass is 9.32. The molecule has 13 aromatic rings. The normalized spacial score (nSPS) is 18.1. The fourth-order valence-corrected chi connectivity index (χ4v) is 30.2. The lowest BCUT2D eigenvalue weighted by Gasteiger charge is -2.48. The smallest absolute Gasteiger partial charge is 0.264 e. The first-order valence-electron chi connectivity index (χ1n) is 41.7. The van der Waals surface area contributed by atoms with Crippen LogP contribution in [0.4, 0.5) is 102 Å². The molecule has 114 heavy (non-hydrogen) atoms. The van der Waals surface area contributed by atoms with Gasteiger partial charge in [0.2, 0.25) is 0 Å².